The molecule has 1 rings (SSSR count). The lowest BCUT2D eigenvalue weighted by Gasteiger charge is -2.20. The van der Waals surface area contributed by atoms with E-state index in [0.29, 0.717) is 0 Å². The molecule has 1 N–H and O–H groups in total. The molecule has 0 aliphatic rings. The lowest BCUT2D eigenvalue weighted by molar-refractivity contribution is 0.0920. The number of benzene rings is 1. The molecule has 0 aliphatic carbocycles. The highest BCUT2D eigenvalue weighted by Gasteiger charge is 2.20. The molecule has 0 heterocycles. The Labute approximate surface area is 122 Å². The van der Waals surface area contributed by atoms with Gasteiger partial charge in [-0.05, 0) is 30.5 Å². The Morgan fingerprint density at radius 3 is 2.40 bits per heavy atom. The van der Waals surface area contributed by atoms with Crippen LogP contribution in [-0.4, -0.2) is 20.4 Å². The summed E-state index contributed by atoms with van der Waals surface area (Å²) >= 11 is 0. The zero-order chi connectivity index (χ0) is 15.5. The molecular formula is C13H17ClFNO3S. The van der Waals surface area contributed by atoms with E-state index in [1.807, 2.05) is 20.8 Å². The van der Waals surface area contributed by atoms with Crippen LogP contribution < -0.4 is 5.32 Å². The van der Waals surface area contributed by atoms with Crippen molar-refractivity contribution in [1.29, 1.82) is 0 Å². The summed E-state index contributed by atoms with van der Waals surface area (Å²) in [4.78, 5) is 11.6. The number of carbonyl (C=O) groups is 1. The van der Waals surface area contributed by atoms with Crippen molar-refractivity contribution in [3.05, 3.63) is 29.6 Å². The van der Waals surface area contributed by atoms with Crippen molar-refractivity contribution in [2.75, 3.05) is 0 Å². The number of nitrogens with one attached hydrogen (secondary N) is 1. The summed E-state index contributed by atoms with van der Waals surface area (Å²) in [6.45, 7) is 5.83. The zero-order valence-corrected chi connectivity index (χ0v) is 13.1. The van der Waals surface area contributed by atoms with Crippen LogP contribution in [0.15, 0.2) is 23.1 Å². The van der Waals surface area contributed by atoms with Gasteiger partial charge in [-0.25, -0.2) is 12.8 Å². The molecule has 112 valence electrons. The van der Waals surface area contributed by atoms with Gasteiger partial charge in [-0.3, -0.25) is 4.79 Å². The lowest BCUT2D eigenvalue weighted by atomic mass is 10.0. The molecule has 0 aliphatic heterocycles. The van der Waals surface area contributed by atoms with Crippen LogP contribution >= 0.6 is 10.7 Å². The molecule has 20 heavy (non-hydrogen) atoms. The summed E-state index contributed by atoms with van der Waals surface area (Å²) in [5, 5.41) is 2.72. The van der Waals surface area contributed by atoms with E-state index in [9.17, 15) is 17.6 Å². The van der Waals surface area contributed by atoms with Gasteiger partial charge >= 0.3 is 0 Å². The SMILES string of the molecule is CCC(NC(=O)c1ccc(S(=O)(=O)Cl)cc1F)C(C)C. The van der Waals surface area contributed by atoms with E-state index in [1.54, 1.807) is 0 Å². The Bertz CT molecular complexity index is 602. The second kappa shape index (κ2) is 6.54. The minimum Gasteiger partial charge on any atom is -0.349 e. The third-order valence-corrected chi connectivity index (χ3v) is 4.38. The Balaban J connectivity index is 3.01. The fourth-order valence-electron chi connectivity index (χ4n) is 1.82. The zero-order valence-electron chi connectivity index (χ0n) is 11.5. The summed E-state index contributed by atoms with van der Waals surface area (Å²) in [6, 6.07) is 2.90. The van der Waals surface area contributed by atoms with Gasteiger partial charge in [-0.1, -0.05) is 20.8 Å². The quantitative estimate of drug-likeness (QED) is 0.848. The van der Waals surface area contributed by atoms with Crippen molar-refractivity contribution in [3.8, 4) is 0 Å². The molecule has 1 atom stereocenters. The molecule has 1 unspecified atom stereocenters. The predicted octanol–water partition coefficient (Wildman–Crippen LogP) is 2.92. The first kappa shape index (κ1) is 16.9. The molecule has 0 saturated carbocycles. The standard InChI is InChI=1S/C13H17ClFNO3S/c1-4-12(8(2)3)16-13(17)10-6-5-9(7-11(10)15)20(14,18)19/h5-8,12H,4H2,1-3H3,(H,16,17). The predicted molar refractivity (Wildman–Crippen MR) is 75.8 cm³/mol. The highest BCUT2D eigenvalue weighted by molar-refractivity contribution is 8.13. The number of rotatable bonds is 5. The molecule has 0 fully saturated rings. The van der Waals surface area contributed by atoms with Crippen molar-refractivity contribution < 1.29 is 17.6 Å². The van der Waals surface area contributed by atoms with Crippen LogP contribution in [0.1, 0.15) is 37.6 Å². The largest absolute Gasteiger partial charge is 0.349 e. The molecule has 1 aromatic rings. The molecule has 0 saturated heterocycles. The Kier molecular flexibility index (Phi) is 5.53. The van der Waals surface area contributed by atoms with E-state index in [1.165, 1.54) is 0 Å². The summed E-state index contributed by atoms with van der Waals surface area (Å²) in [5.74, 6) is -1.26. The van der Waals surface area contributed by atoms with Crippen LogP contribution in [-0.2, 0) is 9.05 Å². The molecule has 7 heteroatoms. The first-order valence-electron chi connectivity index (χ1n) is 6.21. The van der Waals surface area contributed by atoms with Crippen molar-refractivity contribution in [2.45, 2.75) is 38.1 Å². The van der Waals surface area contributed by atoms with Gasteiger partial charge < -0.3 is 5.32 Å². The first-order valence-corrected chi connectivity index (χ1v) is 8.52. The van der Waals surface area contributed by atoms with Crippen LogP contribution in [0.3, 0.4) is 0 Å². The van der Waals surface area contributed by atoms with Gasteiger partial charge in [0.2, 0.25) is 0 Å². The van der Waals surface area contributed by atoms with Gasteiger partial charge in [0.25, 0.3) is 15.0 Å². The topological polar surface area (TPSA) is 63.2 Å². The Morgan fingerprint density at radius 1 is 1.40 bits per heavy atom. The van der Waals surface area contributed by atoms with Gasteiger partial charge in [0.15, 0.2) is 0 Å². The molecule has 1 aromatic carbocycles. The van der Waals surface area contributed by atoms with Crippen molar-refractivity contribution in [1.82, 2.24) is 5.32 Å². The van der Waals surface area contributed by atoms with Crippen LogP contribution in [0.4, 0.5) is 4.39 Å². The maximum absolute atomic E-state index is 13.8. The summed E-state index contributed by atoms with van der Waals surface area (Å²) in [7, 11) is 1.11. The van der Waals surface area contributed by atoms with E-state index >= 15 is 0 Å². The van der Waals surface area contributed by atoms with Crippen molar-refractivity contribution in [2.24, 2.45) is 5.92 Å². The number of halogens is 2. The second-order valence-electron chi connectivity index (χ2n) is 4.81. The third kappa shape index (κ3) is 4.18. The van der Waals surface area contributed by atoms with Gasteiger partial charge in [0.05, 0.1) is 10.5 Å². The summed E-state index contributed by atoms with van der Waals surface area (Å²) in [5.41, 5.74) is -0.201. The highest BCUT2D eigenvalue weighted by Crippen LogP contribution is 2.19. The smallest absolute Gasteiger partial charge is 0.261 e. The van der Waals surface area contributed by atoms with Crippen LogP contribution in [0, 0.1) is 11.7 Å². The lowest BCUT2D eigenvalue weighted by Crippen LogP contribution is -2.38. The third-order valence-electron chi connectivity index (χ3n) is 3.03. The number of hydrogen-bond acceptors (Lipinski definition) is 3. The minimum atomic E-state index is -4.01. The van der Waals surface area contributed by atoms with E-state index < -0.39 is 20.8 Å². The molecule has 0 bridgehead atoms. The van der Waals surface area contributed by atoms with Crippen molar-refractivity contribution >= 4 is 25.6 Å². The number of amides is 1. The average molecular weight is 322 g/mol. The normalized spacial score (nSPS) is 13.3. The molecular weight excluding hydrogens is 305 g/mol. The number of hydrogen-bond donors (Lipinski definition) is 1. The molecule has 0 aromatic heterocycles. The highest BCUT2D eigenvalue weighted by atomic mass is 35.7. The summed E-state index contributed by atoms with van der Waals surface area (Å²) < 4.78 is 36.0. The van der Waals surface area contributed by atoms with Gasteiger partial charge in [-0.2, -0.15) is 0 Å². The molecule has 0 spiro atoms. The molecule has 4 nitrogen and oxygen atoms in total. The molecule has 0 radical (unpaired) electrons. The number of carbonyl (C=O) groups excluding carboxylic acids is 1. The second-order valence-corrected chi connectivity index (χ2v) is 7.38. The Morgan fingerprint density at radius 2 is 2.00 bits per heavy atom. The maximum Gasteiger partial charge on any atom is 0.261 e. The van der Waals surface area contributed by atoms with E-state index in [2.05, 4.69) is 5.32 Å². The first-order chi connectivity index (χ1) is 9.16. The average Bonchev–Trinajstić information content (AvgIpc) is 2.33. The monoisotopic (exact) mass is 321 g/mol. The van der Waals surface area contributed by atoms with Crippen LogP contribution in [0.2, 0.25) is 0 Å². The van der Waals surface area contributed by atoms with Gasteiger partial charge in [0, 0.05) is 16.7 Å². The minimum absolute atomic E-state index is 0.0710. The fraction of sp³-hybridized carbons (Fsp3) is 0.462. The van der Waals surface area contributed by atoms with Gasteiger partial charge in [0.1, 0.15) is 5.82 Å². The van der Waals surface area contributed by atoms with E-state index in [0.717, 1.165) is 24.6 Å². The molecule has 1 amide bonds. The van der Waals surface area contributed by atoms with Crippen molar-refractivity contribution in [3.63, 3.8) is 0 Å². The van der Waals surface area contributed by atoms with Crippen LogP contribution in [0.25, 0.3) is 0 Å². The maximum atomic E-state index is 13.8. The van der Waals surface area contributed by atoms with Gasteiger partial charge in [-0.15, -0.1) is 0 Å². The summed E-state index contributed by atoms with van der Waals surface area (Å²) in [6.07, 6.45) is 0.721. The fourth-order valence-corrected chi connectivity index (χ4v) is 2.58. The van der Waals surface area contributed by atoms with E-state index in [4.69, 9.17) is 10.7 Å². The van der Waals surface area contributed by atoms with Crippen LogP contribution in [0.5, 0.6) is 0 Å². The van der Waals surface area contributed by atoms with E-state index in [-0.39, 0.29) is 22.4 Å². The Hall–Kier alpha value is -1.14.